The zero-order valence-corrected chi connectivity index (χ0v) is 54.6. The minimum atomic E-state index is -0.248. The molecule has 0 aliphatic heterocycles. The van der Waals surface area contributed by atoms with E-state index in [0.717, 1.165) is 123 Å². The second-order valence-corrected chi connectivity index (χ2v) is 27.8. The molecule has 0 amide bonds. The molecule has 9 rings (SSSR count). The molecule has 4 heterocycles. The molecule has 0 saturated heterocycles. The lowest BCUT2D eigenvalue weighted by Crippen LogP contribution is -2.18. The van der Waals surface area contributed by atoms with Crippen molar-refractivity contribution in [3.05, 3.63) is 211 Å². The molecular formula is C76H92N4O8. The van der Waals surface area contributed by atoms with Crippen LogP contribution in [0.4, 0.5) is 0 Å². The van der Waals surface area contributed by atoms with Crippen LogP contribution in [0.1, 0.15) is 172 Å². The number of phenolic OH excluding ortho intramolecular Hbond substituents is 2. The molecule has 2 N–H and O–H groups in total. The van der Waals surface area contributed by atoms with Crippen LogP contribution in [-0.4, -0.2) is 83.0 Å². The van der Waals surface area contributed by atoms with Crippen LogP contribution in [0.5, 0.6) is 23.0 Å². The Morgan fingerprint density at radius 1 is 0.330 bits per heavy atom. The average Bonchev–Trinajstić information content (AvgIpc) is 1.87. The molecule has 4 aromatic carbocycles. The summed E-state index contributed by atoms with van der Waals surface area (Å²) in [6, 6.07) is 33.7. The maximum Gasteiger partial charge on any atom is 0.126 e. The van der Waals surface area contributed by atoms with Crippen LogP contribution in [0, 0.1) is 13.8 Å². The Labute approximate surface area is 523 Å². The van der Waals surface area contributed by atoms with E-state index in [0.29, 0.717) is 78.5 Å². The van der Waals surface area contributed by atoms with Crippen molar-refractivity contribution in [3.63, 3.8) is 0 Å². The molecule has 4 aromatic heterocycles. The lowest BCUT2D eigenvalue weighted by molar-refractivity contribution is 0.0301. The third-order valence-electron chi connectivity index (χ3n) is 16.2. The van der Waals surface area contributed by atoms with Gasteiger partial charge < -0.3 is 38.6 Å². The zero-order valence-electron chi connectivity index (χ0n) is 54.6. The standard InChI is InChI=1S/C76H92N4O8/c1-49-15-19-65(77-43-49)67-21-17-51(45-79-67)47-85-25-23-83-27-29-87-71-57-31-53-35-61(73(3,4)5)37-55(69(53)81)33-59-41-64(76(12,13)14)42-60(34-56-38-62(74(6,7)8)36-54(70(56)82)32-58(71)40-63(39-57)75(9,10)11)72(59)88-30-28-84-24-26-86-48-52-18-22-68(80-46-52)66-20-16-50(2)44-78-66/h15-22,35-46,81-82H,23-34,47-48H2,1-14H3. The fourth-order valence-corrected chi connectivity index (χ4v) is 10.8. The van der Waals surface area contributed by atoms with Gasteiger partial charge in [0, 0.05) is 50.5 Å². The predicted molar refractivity (Wildman–Crippen MR) is 351 cm³/mol. The van der Waals surface area contributed by atoms with E-state index in [-0.39, 0.29) is 46.4 Å². The lowest BCUT2D eigenvalue weighted by Gasteiger charge is -2.28. The van der Waals surface area contributed by atoms with Crippen molar-refractivity contribution in [3.8, 4) is 45.8 Å². The topological polar surface area (TPSA) is 147 Å². The SMILES string of the molecule is Cc1ccc(-c2ccc(COCCOCCOc3c4cc(C(C)(C)C)cc3Cc3cc(C(C)(C)C)cc(c3O)Cc3cc(C(C)(C)C)cc(c3OCCOCCOCc3ccc(-c5ccc(C)cn5)nc3)Cc3cc(C(C)(C)C)cc(c3O)C4)cn2)nc1. The number of ether oxygens (including phenoxy) is 6. The first kappa shape index (κ1) is 65.0. The van der Waals surface area contributed by atoms with Gasteiger partial charge in [-0.3, -0.25) is 19.9 Å². The number of hydrogen-bond donors (Lipinski definition) is 2. The van der Waals surface area contributed by atoms with E-state index in [1.54, 1.807) is 0 Å². The molecule has 0 atom stereocenters. The van der Waals surface area contributed by atoms with Crippen LogP contribution < -0.4 is 9.47 Å². The molecule has 8 aromatic rings. The van der Waals surface area contributed by atoms with Crippen LogP contribution in [0.3, 0.4) is 0 Å². The van der Waals surface area contributed by atoms with E-state index >= 15 is 0 Å². The Balaban J connectivity index is 0.991. The second-order valence-electron chi connectivity index (χ2n) is 27.8. The summed E-state index contributed by atoms with van der Waals surface area (Å²) in [5.41, 5.74) is 18.0. The fraction of sp³-hybridized carbons (Fsp3) is 0.421. The van der Waals surface area contributed by atoms with E-state index < -0.39 is 0 Å². The van der Waals surface area contributed by atoms with Gasteiger partial charge in [-0.15, -0.1) is 0 Å². The van der Waals surface area contributed by atoms with Crippen LogP contribution in [0.2, 0.25) is 0 Å². The number of hydrogen-bond acceptors (Lipinski definition) is 12. The number of fused-ring (bicyclic) bond motifs is 8. The monoisotopic (exact) mass is 1190 g/mol. The summed E-state index contributed by atoms with van der Waals surface area (Å²) in [5, 5.41) is 25.6. The van der Waals surface area contributed by atoms with Crippen molar-refractivity contribution in [1.82, 2.24) is 19.9 Å². The normalized spacial score (nSPS) is 13.0. The first-order valence-electron chi connectivity index (χ1n) is 31.1. The van der Waals surface area contributed by atoms with E-state index in [1.807, 2.05) is 87.2 Å². The Hall–Kier alpha value is -7.48. The Kier molecular flexibility index (Phi) is 20.6. The number of aromatic hydroxyl groups is 2. The van der Waals surface area contributed by atoms with Gasteiger partial charge in [0.25, 0.3) is 0 Å². The molecule has 0 saturated carbocycles. The number of aromatic nitrogens is 4. The Morgan fingerprint density at radius 2 is 0.591 bits per heavy atom. The summed E-state index contributed by atoms with van der Waals surface area (Å²) in [6.07, 6.45) is 8.94. The first-order chi connectivity index (χ1) is 41.8. The highest BCUT2D eigenvalue weighted by atomic mass is 16.5. The largest absolute Gasteiger partial charge is 0.507 e. The molecule has 0 fully saturated rings. The quantitative estimate of drug-likeness (QED) is 0.0700. The number of benzene rings is 4. The Bertz CT molecular complexity index is 3310. The molecular weight excluding hydrogens is 1100 g/mol. The van der Waals surface area contributed by atoms with Crippen molar-refractivity contribution < 1.29 is 38.6 Å². The van der Waals surface area contributed by atoms with Crippen molar-refractivity contribution >= 4 is 0 Å². The first-order valence-corrected chi connectivity index (χ1v) is 31.1. The van der Waals surface area contributed by atoms with Gasteiger partial charge in [0.2, 0.25) is 0 Å². The fourth-order valence-electron chi connectivity index (χ4n) is 10.8. The zero-order chi connectivity index (χ0) is 63.0. The van der Waals surface area contributed by atoms with Gasteiger partial charge in [0.05, 0.1) is 75.6 Å². The number of phenols is 2. The van der Waals surface area contributed by atoms with Crippen LogP contribution in [0.25, 0.3) is 22.8 Å². The maximum absolute atomic E-state index is 12.8. The highest BCUT2D eigenvalue weighted by Crippen LogP contribution is 2.44. The van der Waals surface area contributed by atoms with Gasteiger partial charge in [-0.05, 0) is 149 Å². The van der Waals surface area contributed by atoms with Gasteiger partial charge in [0.15, 0.2) is 0 Å². The van der Waals surface area contributed by atoms with Crippen LogP contribution in [0.15, 0.2) is 122 Å². The molecule has 88 heavy (non-hydrogen) atoms. The second kappa shape index (κ2) is 27.9. The van der Waals surface area contributed by atoms with Gasteiger partial charge >= 0.3 is 0 Å². The molecule has 8 bridgehead atoms. The smallest absolute Gasteiger partial charge is 0.126 e. The molecule has 0 radical (unpaired) electrons. The molecule has 464 valence electrons. The molecule has 1 aliphatic carbocycles. The minimum Gasteiger partial charge on any atom is -0.507 e. The molecule has 0 spiro atoms. The summed E-state index contributed by atoms with van der Waals surface area (Å²) in [4.78, 5) is 18.2. The maximum atomic E-state index is 12.8. The lowest BCUT2D eigenvalue weighted by atomic mass is 9.79. The third kappa shape index (κ3) is 17.0. The molecule has 0 unspecified atom stereocenters. The van der Waals surface area contributed by atoms with Gasteiger partial charge in [0.1, 0.15) is 36.2 Å². The number of nitrogens with zero attached hydrogens (tertiary/aromatic N) is 4. The Morgan fingerprint density at radius 3 is 0.852 bits per heavy atom. The van der Waals surface area contributed by atoms with Crippen LogP contribution in [-0.2, 0) is 79.5 Å². The number of rotatable bonds is 20. The van der Waals surface area contributed by atoms with E-state index in [9.17, 15) is 10.2 Å². The van der Waals surface area contributed by atoms with E-state index in [4.69, 9.17) is 28.4 Å². The highest BCUT2D eigenvalue weighted by Gasteiger charge is 2.29. The molecule has 1 aliphatic rings. The van der Waals surface area contributed by atoms with Gasteiger partial charge in [-0.25, -0.2) is 0 Å². The summed E-state index contributed by atoms with van der Waals surface area (Å²) >= 11 is 0. The van der Waals surface area contributed by atoms with E-state index in [1.165, 1.54) is 0 Å². The summed E-state index contributed by atoms with van der Waals surface area (Å²) in [6.45, 7) is 34.3. The minimum absolute atomic E-state index is 0.238. The van der Waals surface area contributed by atoms with Crippen LogP contribution >= 0.6 is 0 Å². The summed E-state index contributed by atoms with van der Waals surface area (Å²) < 4.78 is 38.3. The van der Waals surface area contributed by atoms with Crippen molar-refractivity contribution in [2.75, 3.05) is 52.9 Å². The number of pyridine rings is 4. The molecule has 12 heteroatoms. The number of aryl methyl sites for hydroxylation is 2. The average molecular weight is 1190 g/mol. The summed E-state index contributed by atoms with van der Waals surface area (Å²) in [5.74, 6) is 1.95. The predicted octanol–water partition coefficient (Wildman–Crippen LogP) is 15.7. The van der Waals surface area contributed by atoms with Gasteiger partial charge in [-0.1, -0.05) is 156 Å². The van der Waals surface area contributed by atoms with Crippen molar-refractivity contribution in [1.29, 1.82) is 0 Å². The van der Waals surface area contributed by atoms with Gasteiger partial charge in [-0.2, -0.15) is 0 Å². The molecule has 12 nitrogen and oxygen atoms in total. The van der Waals surface area contributed by atoms with E-state index in [2.05, 4.69) is 152 Å². The highest BCUT2D eigenvalue weighted by molar-refractivity contribution is 5.60. The summed E-state index contributed by atoms with van der Waals surface area (Å²) in [7, 11) is 0. The third-order valence-corrected chi connectivity index (χ3v) is 16.2. The van der Waals surface area contributed by atoms with Crippen molar-refractivity contribution in [2.45, 2.75) is 157 Å². The van der Waals surface area contributed by atoms with Crippen molar-refractivity contribution in [2.24, 2.45) is 0 Å².